The predicted octanol–water partition coefficient (Wildman–Crippen LogP) is 3.02. The second-order valence-corrected chi connectivity index (χ2v) is 5.56. The first-order valence-corrected chi connectivity index (χ1v) is 7.67. The van der Waals surface area contributed by atoms with E-state index in [1.165, 1.54) is 6.07 Å². The molecule has 0 radical (unpaired) electrons. The third kappa shape index (κ3) is 3.72. The number of amides is 1. The maximum absolute atomic E-state index is 12.2. The van der Waals surface area contributed by atoms with Gasteiger partial charge in [0.1, 0.15) is 0 Å². The van der Waals surface area contributed by atoms with Crippen molar-refractivity contribution in [1.82, 2.24) is 15.1 Å². The van der Waals surface area contributed by atoms with E-state index in [0.29, 0.717) is 12.1 Å². The van der Waals surface area contributed by atoms with Crippen molar-refractivity contribution >= 4 is 11.6 Å². The zero-order valence-electron chi connectivity index (χ0n) is 13.5. The Morgan fingerprint density at radius 3 is 2.64 bits per heavy atom. The van der Waals surface area contributed by atoms with Crippen LogP contribution in [-0.2, 0) is 6.54 Å². The Bertz CT molecular complexity index is 903. The summed E-state index contributed by atoms with van der Waals surface area (Å²) in [6, 6.07) is 13.9. The molecule has 0 aliphatic heterocycles. The van der Waals surface area contributed by atoms with Crippen molar-refractivity contribution in [3.8, 4) is 5.69 Å². The van der Waals surface area contributed by atoms with Crippen LogP contribution < -0.4 is 5.32 Å². The maximum Gasteiger partial charge on any atom is 0.273 e. The van der Waals surface area contributed by atoms with Crippen LogP contribution in [0.4, 0.5) is 5.69 Å². The lowest BCUT2D eigenvalue weighted by molar-refractivity contribution is -0.385. The van der Waals surface area contributed by atoms with Gasteiger partial charge in [0, 0.05) is 36.1 Å². The van der Waals surface area contributed by atoms with Crippen molar-refractivity contribution in [3.05, 3.63) is 87.7 Å². The van der Waals surface area contributed by atoms with Crippen molar-refractivity contribution in [2.24, 2.45) is 0 Å². The van der Waals surface area contributed by atoms with E-state index < -0.39 is 4.92 Å². The van der Waals surface area contributed by atoms with E-state index in [1.807, 2.05) is 36.5 Å². The molecule has 1 amide bonds. The van der Waals surface area contributed by atoms with Crippen molar-refractivity contribution in [3.63, 3.8) is 0 Å². The van der Waals surface area contributed by atoms with Gasteiger partial charge in [0.15, 0.2) is 0 Å². The zero-order valence-corrected chi connectivity index (χ0v) is 13.5. The number of aryl methyl sites for hydroxylation is 1. The van der Waals surface area contributed by atoms with Crippen molar-refractivity contribution in [2.75, 3.05) is 0 Å². The second kappa shape index (κ2) is 6.96. The molecule has 7 nitrogen and oxygen atoms in total. The fraction of sp³-hybridized carbons (Fsp3) is 0.111. The average Bonchev–Trinajstić information content (AvgIpc) is 3.15. The summed E-state index contributed by atoms with van der Waals surface area (Å²) in [7, 11) is 0. The summed E-state index contributed by atoms with van der Waals surface area (Å²) in [6.45, 7) is 1.97. The Morgan fingerprint density at radius 2 is 2.00 bits per heavy atom. The number of nitro benzene ring substituents is 1. The van der Waals surface area contributed by atoms with E-state index in [1.54, 1.807) is 29.9 Å². The molecular formula is C18H16N4O3. The molecule has 0 saturated heterocycles. The highest BCUT2D eigenvalue weighted by atomic mass is 16.6. The van der Waals surface area contributed by atoms with Crippen LogP contribution in [0.2, 0.25) is 0 Å². The molecule has 0 fully saturated rings. The first-order chi connectivity index (χ1) is 12.0. The highest BCUT2D eigenvalue weighted by Gasteiger charge is 2.14. The first kappa shape index (κ1) is 16.4. The molecule has 3 aromatic rings. The van der Waals surface area contributed by atoms with E-state index >= 15 is 0 Å². The second-order valence-electron chi connectivity index (χ2n) is 5.56. The van der Waals surface area contributed by atoms with Crippen molar-refractivity contribution < 1.29 is 9.72 Å². The summed E-state index contributed by atoms with van der Waals surface area (Å²) >= 11 is 0. The fourth-order valence-corrected chi connectivity index (χ4v) is 2.42. The van der Waals surface area contributed by atoms with Crippen LogP contribution in [0.5, 0.6) is 0 Å². The Hall–Kier alpha value is -3.48. The minimum Gasteiger partial charge on any atom is -0.348 e. The molecular weight excluding hydrogens is 320 g/mol. The molecule has 1 aromatic heterocycles. The Balaban J connectivity index is 1.66. The van der Waals surface area contributed by atoms with Crippen LogP contribution in [-0.4, -0.2) is 20.6 Å². The largest absolute Gasteiger partial charge is 0.348 e. The summed E-state index contributed by atoms with van der Waals surface area (Å²) in [6.07, 6.45) is 3.55. The Morgan fingerprint density at radius 1 is 1.24 bits per heavy atom. The number of nitrogens with one attached hydrogen (secondary N) is 1. The van der Waals surface area contributed by atoms with Gasteiger partial charge in [-0.25, -0.2) is 4.68 Å². The molecule has 0 atom stereocenters. The van der Waals surface area contributed by atoms with Crippen LogP contribution in [0.25, 0.3) is 5.69 Å². The molecule has 7 heteroatoms. The minimum atomic E-state index is -0.486. The van der Waals surface area contributed by atoms with E-state index in [4.69, 9.17) is 0 Å². The third-order valence-corrected chi connectivity index (χ3v) is 3.83. The van der Waals surface area contributed by atoms with Gasteiger partial charge >= 0.3 is 0 Å². The summed E-state index contributed by atoms with van der Waals surface area (Å²) in [5.41, 5.74) is 2.58. The van der Waals surface area contributed by atoms with E-state index in [-0.39, 0.29) is 17.2 Å². The summed E-state index contributed by atoms with van der Waals surface area (Å²) < 4.78 is 1.74. The van der Waals surface area contributed by atoms with E-state index in [2.05, 4.69) is 10.4 Å². The van der Waals surface area contributed by atoms with Gasteiger partial charge in [0.05, 0.1) is 10.6 Å². The van der Waals surface area contributed by atoms with E-state index in [0.717, 1.165) is 11.3 Å². The molecule has 3 rings (SSSR count). The van der Waals surface area contributed by atoms with Gasteiger partial charge < -0.3 is 5.32 Å². The van der Waals surface area contributed by atoms with Gasteiger partial charge in [-0.05, 0) is 36.8 Å². The summed E-state index contributed by atoms with van der Waals surface area (Å²) in [5.74, 6) is -0.348. The minimum absolute atomic E-state index is 0.0591. The molecule has 0 aliphatic rings. The predicted molar refractivity (Wildman–Crippen MR) is 92.6 cm³/mol. The molecule has 0 unspecified atom stereocenters. The van der Waals surface area contributed by atoms with E-state index in [9.17, 15) is 14.9 Å². The SMILES string of the molecule is Cc1ccc(C(=O)NCc2ccc(-n3cccn3)cc2)cc1[N+](=O)[O-]. The topological polar surface area (TPSA) is 90.1 Å². The zero-order chi connectivity index (χ0) is 17.8. The molecule has 126 valence electrons. The van der Waals surface area contributed by atoms with Crippen molar-refractivity contribution in [2.45, 2.75) is 13.5 Å². The van der Waals surface area contributed by atoms with Gasteiger partial charge in [0.25, 0.3) is 11.6 Å². The molecule has 2 aromatic carbocycles. The molecule has 25 heavy (non-hydrogen) atoms. The number of benzene rings is 2. The van der Waals surface area contributed by atoms with Gasteiger partial charge in [-0.1, -0.05) is 18.2 Å². The number of hydrogen-bond donors (Lipinski definition) is 1. The smallest absolute Gasteiger partial charge is 0.273 e. The number of nitro groups is 1. The average molecular weight is 336 g/mol. The number of carbonyl (C=O) groups is 1. The molecule has 0 saturated carbocycles. The summed E-state index contributed by atoms with van der Waals surface area (Å²) in [5, 5.41) is 17.9. The molecule has 1 N–H and O–H groups in total. The van der Waals surface area contributed by atoms with Gasteiger partial charge in [0.2, 0.25) is 0 Å². The Kier molecular flexibility index (Phi) is 4.56. The monoisotopic (exact) mass is 336 g/mol. The number of aromatic nitrogens is 2. The lowest BCUT2D eigenvalue weighted by Crippen LogP contribution is -2.22. The Labute approximate surface area is 144 Å². The fourth-order valence-electron chi connectivity index (χ4n) is 2.42. The standard InChI is InChI=1S/C18H16N4O3/c1-13-3-6-15(11-17(13)22(24)25)18(23)19-12-14-4-7-16(8-5-14)21-10-2-9-20-21/h2-11H,12H2,1H3,(H,19,23). The van der Waals surface area contributed by atoms with Crippen LogP contribution in [0.3, 0.4) is 0 Å². The highest BCUT2D eigenvalue weighted by Crippen LogP contribution is 2.19. The number of hydrogen-bond acceptors (Lipinski definition) is 4. The number of carbonyl (C=O) groups excluding carboxylic acids is 1. The highest BCUT2D eigenvalue weighted by molar-refractivity contribution is 5.94. The third-order valence-electron chi connectivity index (χ3n) is 3.83. The molecule has 0 bridgehead atoms. The summed E-state index contributed by atoms with van der Waals surface area (Å²) in [4.78, 5) is 22.7. The normalized spacial score (nSPS) is 10.4. The van der Waals surface area contributed by atoms with Crippen LogP contribution in [0.1, 0.15) is 21.5 Å². The van der Waals surface area contributed by atoms with Crippen LogP contribution >= 0.6 is 0 Å². The van der Waals surface area contributed by atoms with Gasteiger partial charge in [-0.15, -0.1) is 0 Å². The van der Waals surface area contributed by atoms with Gasteiger partial charge in [-0.3, -0.25) is 14.9 Å². The lowest BCUT2D eigenvalue weighted by Gasteiger charge is -2.07. The number of nitrogens with zero attached hydrogens (tertiary/aromatic N) is 3. The molecule has 0 spiro atoms. The first-order valence-electron chi connectivity index (χ1n) is 7.67. The molecule has 0 aliphatic carbocycles. The quantitative estimate of drug-likeness (QED) is 0.573. The van der Waals surface area contributed by atoms with Crippen LogP contribution in [0.15, 0.2) is 60.9 Å². The van der Waals surface area contributed by atoms with Crippen LogP contribution in [0, 0.1) is 17.0 Å². The van der Waals surface area contributed by atoms with Gasteiger partial charge in [-0.2, -0.15) is 5.10 Å². The number of rotatable bonds is 5. The maximum atomic E-state index is 12.2. The lowest BCUT2D eigenvalue weighted by atomic mass is 10.1. The van der Waals surface area contributed by atoms with Crippen molar-refractivity contribution in [1.29, 1.82) is 0 Å². The molecule has 1 heterocycles.